The summed E-state index contributed by atoms with van der Waals surface area (Å²) in [5.74, 6) is 6.71. The molecule has 0 saturated heterocycles. The van der Waals surface area contributed by atoms with Gasteiger partial charge >= 0.3 is 0 Å². The fourth-order valence-electron chi connectivity index (χ4n) is 3.18. The Kier molecular flexibility index (Phi) is 3.52. The Labute approximate surface area is 109 Å². The van der Waals surface area contributed by atoms with Crippen molar-refractivity contribution < 1.29 is 0 Å². The van der Waals surface area contributed by atoms with E-state index in [-0.39, 0.29) is 0 Å². The molecule has 0 spiro atoms. The average Bonchev–Trinajstić information content (AvgIpc) is 2.77. The van der Waals surface area contributed by atoms with Crippen molar-refractivity contribution in [3.8, 4) is 0 Å². The molecule has 0 unspecified atom stereocenters. The van der Waals surface area contributed by atoms with Gasteiger partial charge in [-0.2, -0.15) is 0 Å². The van der Waals surface area contributed by atoms with Crippen molar-refractivity contribution in [2.45, 2.75) is 45.2 Å². The maximum Gasteiger partial charge on any atom is 0.0387 e. The second-order valence-corrected chi connectivity index (χ2v) is 5.77. The Morgan fingerprint density at radius 2 is 1.89 bits per heavy atom. The van der Waals surface area contributed by atoms with E-state index in [1.807, 2.05) is 5.01 Å². The van der Waals surface area contributed by atoms with Crippen LogP contribution < -0.4 is 11.2 Å². The lowest BCUT2D eigenvalue weighted by Crippen LogP contribution is -2.23. The Balaban J connectivity index is 1.58. The van der Waals surface area contributed by atoms with Gasteiger partial charge in [0.1, 0.15) is 0 Å². The standard InChI is InChI=1S/C15H23N3/c16-18-10-13-6-7-15(8-14(13)11-18)17-9-12-4-2-1-3-5-12/h6-8,12,17H,1-5,9-11,16H2. The molecule has 0 atom stereocenters. The highest BCUT2D eigenvalue weighted by atomic mass is 15.4. The zero-order valence-electron chi connectivity index (χ0n) is 11.0. The number of hydrogen-bond acceptors (Lipinski definition) is 3. The van der Waals surface area contributed by atoms with Crippen LogP contribution in [0.15, 0.2) is 18.2 Å². The van der Waals surface area contributed by atoms with E-state index < -0.39 is 0 Å². The highest BCUT2D eigenvalue weighted by Crippen LogP contribution is 2.26. The Morgan fingerprint density at radius 1 is 1.11 bits per heavy atom. The lowest BCUT2D eigenvalue weighted by molar-refractivity contribution is 0.295. The number of nitrogens with one attached hydrogen (secondary N) is 1. The Hall–Kier alpha value is -1.06. The quantitative estimate of drug-likeness (QED) is 0.805. The fourth-order valence-corrected chi connectivity index (χ4v) is 3.18. The molecule has 98 valence electrons. The maximum atomic E-state index is 5.84. The van der Waals surface area contributed by atoms with Crippen LogP contribution in [0.4, 0.5) is 5.69 Å². The normalized spacial score (nSPS) is 20.9. The first-order chi connectivity index (χ1) is 8.81. The second kappa shape index (κ2) is 5.29. The summed E-state index contributed by atoms with van der Waals surface area (Å²) in [5, 5.41) is 5.47. The van der Waals surface area contributed by atoms with Gasteiger partial charge in [0.15, 0.2) is 0 Å². The molecule has 0 bridgehead atoms. The van der Waals surface area contributed by atoms with Crippen LogP contribution >= 0.6 is 0 Å². The molecule has 1 heterocycles. The van der Waals surface area contributed by atoms with E-state index in [4.69, 9.17) is 5.84 Å². The summed E-state index contributed by atoms with van der Waals surface area (Å²) in [7, 11) is 0. The summed E-state index contributed by atoms with van der Waals surface area (Å²) in [6, 6.07) is 6.68. The molecule has 3 N–H and O–H groups in total. The number of anilines is 1. The van der Waals surface area contributed by atoms with E-state index >= 15 is 0 Å². The topological polar surface area (TPSA) is 41.3 Å². The van der Waals surface area contributed by atoms with Gasteiger partial charge in [-0.1, -0.05) is 25.3 Å². The van der Waals surface area contributed by atoms with Crippen LogP contribution in [0, 0.1) is 5.92 Å². The molecule has 3 rings (SSSR count). The lowest BCUT2D eigenvalue weighted by Gasteiger charge is -2.22. The van der Waals surface area contributed by atoms with Gasteiger partial charge in [0.2, 0.25) is 0 Å². The molecule has 1 aliphatic carbocycles. The highest BCUT2D eigenvalue weighted by Gasteiger charge is 2.17. The largest absolute Gasteiger partial charge is 0.385 e. The van der Waals surface area contributed by atoms with Gasteiger partial charge in [0.25, 0.3) is 0 Å². The summed E-state index contributed by atoms with van der Waals surface area (Å²) >= 11 is 0. The molecule has 0 aromatic heterocycles. The molecule has 1 aromatic carbocycles. The van der Waals surface area contributed by atoms with Crippen molar-refractivity contribution in [1.82, 2.24) is 5.01 Å². The minimum Gasteiger partial charge on any atom is -0.385 e. The van der Waals surface area contributed by atoms with E-state index in [1.165, 1.54) is 48.9 Å². The van der Waals surface area contributed by atoms with Crippen LogP contribution in [0.2, 0.25) is 0 Å². The van der Waals surface area contributed by atoms with Gasteiger partial charge in [0, 0.05) is 25.3 Å². The third kappa shape index (κ3) is 2.68. The third-order valence-electron chi connectivity index (χ3n) is 4.27. The number of rotatable bonds is 3. The summed E-state index contributed by atoms with van der Waals surface area (Å²) in [5.41, 5.74) is 4.02. The molecular formula is C15H23N3. The molecule has 0 amide bonds. The predicted octanol–water partition coefficient (Wildman–Crippen LogP) is 2.87. The van der Waals surface area contributed by atoms with Crippen molar-refractivity contribution in [1.29, 1.82) is 0 Å². The Morgan fingerprint density at radius 3 is 2.72 bits per heavy atom. The van der Waals surface area contributed by atoms with Crippen molar-refractivity contribution in [2.24, 2.45) is 11.8 Å². The van der Waals surface area contributed by atoms with Crippen LogP contribution in [0.5, 0.6) is 0 Å². The molecule has 1 aromatic rings. The van der Waals surface area contributed by atoms with Crippen LogP contribution in [-0.4, -0.2) is 11.6 Å². The molecule has 0 radical (unpaired) electrons. The number of benzene rings is 1. The van der Waals surface area contributed by atoms with Gasteiger partial charge in [-0.3, -0.25) is 5.84 Å². The summed E-state index contributed by atoms with van der Waals surface area (Å²) in [6.45, 7) is 2.90. The molecule has 1 fully saturated rings. The van der Waals surface area contributed by atoms with Crippen LogP contribution in [-0.2, 0) is 13.1 Å². The van der Waals surface area contributed by atoms with Crippen LogP contribution in [0.1, 0.15) is 43.2 Å². The van der Waals surface area contributed by atoms with E-state index in [0.717, 1.165) is 25.6 Å². The fraction of sp³-hybridized carbons (Fsp3) is 0.600. The summed E-state index contributed by atoms with van der Waals surface area (Å²) in [4.78, 5) is 0. The SMILES string of the molecule is NN1Cc2ccc(NCC3CCCCC3)cc2C1. The second-order valence-electron chi connectivity index (χ2n) is 5.77. The monoisotopic (exact) mass is 245 g/mol. The Bertz CT molecular complexity index is 410. The lowest BCUT2D eigenvalue weighted by atomic mass is 9.89. The summed E-state index contributed by atoms with van der Waals surface area (Å²) < 4.78 is 0. The minimum absolute atomic E-state index is 0.873. The molecular weight excluding hydrogens is 222 g/mol. The van der Waals surface area contributed by atoms with Crippen molar-refractivity contribution in [3.05, 3.63) is 29.3 Å². The number of nitrogens with two attached hydrogens (primary N) is 1. The van der Waals surface area contributed by atoms with Crippen molar-refractivity contribution in [3.63, 3.8) is 0 Å². The number of hydrogen-bond donors (Lipinski definition) is 2. The maximum absolute atomic E-state index is 5.84. The highest BCUT2D eigenvalue weighted by molar-refractivity contribution is 5.49. The van der Waals surface area contributed by atoms with Gasteiger partial charge in [-0.05, 0) is 42.0 Å². The molecule has 3 heteroatoms. The molecule has 1 saturated carbocycles. The van der Waals surface area contributed by atoms with Crippen molar-refractivity contribution >= 4 is 5.69 Å². The van der Waals surface area contributed by atoms with E-state index in [2.05, 4.69) is 23.5 Å². The first-order valence-electron chi connectivity index (χ1n) is 7.16. The van der Waals surface area contributed by atoms with E-state index in [1.54, 1.807) is 0 Å². The third-order valence-corrected chi connectivity index (χ3v) is 4.27. The first kappa shape index (κ1) is 12.0. The zero-order valence-corrected chi connectivity index (χ0v) is 11.0. The molecule has 3 nitrogen and oxygen atoms in total. The van der Waals surface area contributed by atoms with Crippen molar-refractivity contribution in [2.75, 3.05) is 11.9 Å². The van der Waals surface area contributed by atoms with Crippen LogP contribution in [0.3, 0.4) is 0 Å². The van der Waals surface area contributed by atoms with Gasteiger partial charge in [-0.25, -0.2) is 5.01 Å². The predicted molar refractivity (Wildman–Crippen MR) is 74.9 cm³/mol. The molecule has 18 heavy (non-hydrogen) atoms. The van der Waals surface area contributed by atoms with E-state index in [9.17, 15) is 0 Å². The molecule has 1 aliphatic heterocycles. The number of fused-ring (bicyclic) bond motifs is 1. The smallest absolute Gasteiger partial charge is 0.0387 e. The zero-order chi connectivity index (χ0) is 12.4. The molecule has 2 aliphatic rings. The first-order valence-corrected chi connectivity index (χ1v) is 7.16. The van der Waals surface area contributed by atoms with Gasteiger partial charge < -0.3 is 5.32 Å². The average molecular weight is 245 g/mol. The van der Waals surface area contributed by atoms with Gasteiger partial charge in [-0.15, -0.1) is 0 Å². The summed E-state index contributed by atoms with van der Waals surface area (Å²) in [6.07, 6.45) is 7.06. The van der Waals surface area contributed by atoms with Gasteiger partial charge in [0.05, 0.1) is 0 Å². The number of hydrazine groups is 1. The van der Waals surface area contributed by atoms with Crippen LogP contribution in [0.25, 0.3) is 0 Å². The minimum atomic E-state index is 0.873. The number of nitrogens with zero attached hydrogens (tertiary/aromatic N) is 1. The van der Waals surface area contributed by atoms with E-state index in [0.29, 0.717) is 0 Å².